The molecule has 7 nitrogen and oxygen atoms in total. The number of fused-ring (bicyclic) bond motifs is 3. The van der Waals surface area contributed by atoms with Crippen molar-refractivity contribution in [1.82, 2.24) is 24.7 Å². The molecule has 0 radical (unpaired) electrons. The SMILES string of the molecule is COc1cccc2c1nc1n2CCN(CC[C@H]2CC[C@H](NC(=O)N(C)C)CC2)C1. The molecule has 0 atom stereocenters. The third kappa shape index (κ3) is 4.34. The van der Waals surface area contributed by atoms with Crippen LogP contribution in [0.1, 0.15) is 37.9 Å². The lowest BCUT2D eigenvalue weighted by molar-refractivity contribution is 0.182. The largest absolute Gasteiger partial charge is 0.494 e. The van der Waals surface area contributed by atoms with E-state index in [2.05, 4.69) is 20.9 Å². The van der Waals surface area contributed by atoms with Gasteiger partial charge in [-0.3, -0.25) is 4.90 Å². The maximum atomic E-state index is 11.8. The maximum absolute atomic E-state index is 11.8. The van der Waals surface area contributed by atoms with Crippen molar-refractivity contribution < 1.29 is 9.53 Å². The van der Waals surface area contributed by atoms with Gasteiger partial charge >= 0.3 is 6.03 Å². The minimum absolute atomic E-state index is 0.0290. The second kappa shape index (κ2) is 8.61. The Balaban J connectivity index is 1.28. The van der Waals surface area contributed by atoms with E-state index >= 15 is 0 Å². The molecular formula is C22H33N5O2. The van der Waals surface area contributed by atoms with Crippen molar-refractivity contribution in [2.24, 2.45) is 5.92 Å². The predicted molar refractivity (Wildman–Crippen MR) is 114 cm³/mol. The number of amides is 2. The number of imidazole rings is 1. The standard InChI is InChI=1S/C22H33N5O2/c1-25(2)22(28)23-17-9-7-16(8-10-17)11-12-26-13-14-27-18-5-4-6-19(29-3)21(18)24-20(27)15-26/h4-6,16-17H,7-15H2,1-3H3,(H,23,28)/t16-,17-. The molecule has 1 aromatic carbocycles. The van der Waals surface area contributed by atoms with Crippen molar-refractivity contribution in [2.45, 2.75) is 51.2 Å². The van der Waals surface area contributed by atoms with Crippen LogP contribution in [0.2, 0.25) is 0 Å². The number of nitrogens with one attached hydrogen (secondary N) is 1. The Bertz CT molecular complexity index is 854. The Morgan fingerprint density at radius 2 is 2.03 bits per heavy atom. The van der Waals surface area contributed by atoms with Gasteiger partial charge in [0.15, 0.2) is 0 Å². The van der Waals surface area contributed by atoms with E-state index in [1.165, 1.54) is 24.8 Å². The highest BCUT2D eigenvalue weighted by atomic mass is 16.5. The molecule has 158 valence electrons. The monoisotopic (exact) mass is 399 g/mol. The Morgan fingerprint density at radius 1 is 1.24 bits per heavy atom. The van der Waals surface area contributed by atoms with Crippen LogP contribution in [0.15, 0.2) is 18.2 Å². The smallest absolute Gasteiger partial charge is 0.317 e. The average molecular weight is 400 g/mol. The predicted octanol–water partition coefficient (Wildman–Crippen LogP) is 3.08. The van der Waals surface area contributed by atoms with E-state index in [0.717, 1.165) is 62.0 Å². The molecule has 1 aliphatic carbocycles. The quantitative estimate of drug-likeness (QED) is 0.839. The van der Waals surface area contributed by atoms with Gasteiger partial charge in [0.05, 0.1) is 19.2 Å². The number of rotatable bonds is 5. The third-order valence-corrected chi connectivity index (χ3v) is 6.48. The Kier molecular flexibility index (Phi) is 5.94. The molecule has 0 unspecified atom stereocenters. The molecule has 7 heteroatoms. The zero-order valence-electron chi connectivity index (χ0n) is 17.9. The summed E-state index contributed by atoms with van der Waals surface area (Å²) in [6, 6.07) is 6.53. The number of hydrogen-bond donors (Lipinski definition) is 1. The Hall–Kier alpha value is -2.28. The highest BCUT2D eigenvalue weighted by molar-refractivity contribution is 5.82. The van der Waals surface area contributed by atoms with E-state index in [4.69, 9.17) is 9.72 Å². The van der Waals surface area contributed by atoms with Gasteiger partial charge in [0.1, 0.15) is 17.1 Å². The molecule has 1 aliphatic heterocycles. The summed E-state index contributed by atoms with van der Waals surface area (Å²) in [5.41, 5.74) is 2.15. The number of carbonyl (C=O) groups excluding carboxylic acids is 1. The summed E-state index contributed by atoms with van der Waals surface area (Å²) < 4.78 is 7.83. The summed E-state index contributed by atoms with van der Waals surface area (Å²) in [6.07, 6.45) is 5.85. The number of ether oxygens (including phenoxy) is 1. The topological polar surface area (TPSA) is 62.6 Å². The first-order chi connectivity index (χ1) is 14.0. The Labute approximate surface area is 173 Å². The number of nitrogens with zero attached hydrogens (tertiary/aromatic N) is 4. The van der Waals surface area contributed by atoms with Gasteiger partial charge in [0, 0.05) is 33.2 Å². The number of para-hydroxylation sites is 1. The van der Waals surface area contributed by atoms with Gasteiger partial charge in [-0.15, -0.1) is 0 Å². The van der Waals surface area contributed by atoms with Crippen molar-refractivity contribution in [2.75, 3.05) is 34.3 Å². The van der Waals surface area contributed by atoms with Gasteiger partial charge in [0.25, 0.3) is 0 Å². The van der Waals surface area contributed by atoms with Crippen LogP contribution in [0.3, 0.4) is 0 Å². The highest BCUT2D eigenvalue weighted by Gasteiger charge is 2.25. The average Bonchev–Trinajstić information content (AvgIpc) is 3.11. The molecule has 0 spiro atoms. The summed E-state index contributed by atoms with van der Waals surface area (Å²) in [6.45, 7) is 4.10. The third-order valence-electron chi connectivity index (χ3n) is 6.48. The fourth-order valence-electron chi connectivity index (χ4n) is 4.68. The van der Waals surface area contributed by atoms with Crippen molar-refractivity contribution in [3.05, 3.63) is 24.0 Å². The van der Waals surface area contributed by atoms with Crippen molar-refractivity contribution in [1.29, 1.82) is 0 Å². The van der Waals surface area contributed by atoms with Crippen molar-refractivity contribution in [3.63, 3.8) is 0 Å². The second-order valence-electron chi connectivity index (χ2n) is 8.63. The summed E-state index contributed by atoms with van der Waals surface area (Å²) in [5, 5.41) is 3.13. The first-order valence-electron chi connectivity index (χ1n) is 10.8. The molecule has 1 fully saturated rings. The van der Waals surface area contributed by atoms with Gasteiger partial charge in [-0.2, -0.15) is 0 Å². The summed E-state index contributed by atoms with van der Waals surface area (Å²) in [4.78, 5) is 20.8. The van der Waals surface area contributed by atoms with E-state index < -0.39 is 0 Å². The fourth-order valence-corrected chi connectivity index (χ4v) is 4.68. The summed E-state index contributed by atoms with van der Waals surface area (Å²) >= 11 is 0. The number of hydrogen-bond acceptors (Lipinski definition) is 4. The minimum atomic E-state index is 0.0290. The van der Waals surface area contributed by atoms with Crippen LogP contribution in [-0.2, 0) is 13.1 Å². The van der Waals surface area contributed by atoms with Crippen LogP contribution in [0.25, 0.3) is 11.0 Å². The molecule has 1 N–H and O–H groups in total. The molecule has 0 bridgehead atoms. The molecule has 29 heavy (non-hydrogen) atoms. The van der Waals surface area contributed by atoms with Gasteiger partial charge in [0.2, 0.25) is 0 Å². The van der Waals surface area contributed by atoms with Crippen molar-refractivity contribution in [3.8, 4) is 5.75 Å². The van der Waals surface area contributed by atoms with E-state index in [1.54, 1.807) is 26.1 Å². The van der Waals surface area contributed by atoms with Crippen LogP contribution < -0.4 is 10.1 Å². The lowest BCUT2D eigenvalue weighted by atomic mass is 9.84. The molecule has 4 rings (SSSR count). The highest BCUT2D eigenvalue weighted by Crippen LogP contribution is 2.30. The van der Waals surface area contributed by atoms with Crippen LogP contribution in [-0.4, -0.2) is 65.7 Å². The fraction of sp³-hybridized carbons (Fsp3) is 0.636. The van der Waals surface area contributed by atoms with E-state index in [1.807, 2.05) is 12.1 Å². The number of methoxy groups -OCH3 is 1. The molecular weight excluding hydrogens is 366 g/mol. The summed E-state index contributed by atoms with van der Waals surface area (Å²) in [5.74, 6) is 2.77. The molecule has 1 aromatic heterocycles. The van der Waals surface area contributed by atoms with E-state index in [9.17, 15) is 4.79 Å². The van der Waals surface area contributed by atoms with Crippen LogP contribution in [0.4, 0.5) is 4.79 Å². The lowest BCUT2D eigenvalue weighted by Gasteiger charge is -2.32. The van der Waals surface area contributed by atoms with Gasteiger partial charge < -0.3 is 19.5 Å². The number of benzene rings is 1. The van der Waals surface area contributed by atoms with E-state index in [-0.39, 0.29) is 6.03 Å². The van der Waals surface area contributed by atoms with Crippen LogP contribution >= 0.6 is 0 Å². The van der Waals surface area contributed by atoms with Gasteiger partial charge in [-0.25, -0.2) is 9.78 Å². The molecule has 2 amide bonds. The number of aromatic nitrogens is 2. The van der Waals surface area contributed by atoms with Crippen LogP contribution in [0.5, 0.6) is 5.75 Å². The number of urea groups is 1. The molecule has 0 saturated heterocycles. The molecule has 2 aromatic rings. The normalized spacial score (nSPS) is 22.3. The molecule has 2 aliphatic rings. The number of carbonyl (C=O) groups is 1. The second-order valence-corrected chi connectivity index (χ2v) is 8.63. The van der Waals surface area contributed by atoms with Gasteiger partial charge in [-0.1, -0.05) is 6.07 Å². The van der Waals surface area contributed by atoms with Gasteiger partial charge in [-0.05, 0) is 56.7 Å². The lowest BCUT2D eigenvalue weighted by Crippen LogP contribution is -2.43. The molecule has 1 saturated carbocycles. The van der Waals surface area contributed by atoms with E-state index in [0.29, 0.717) is 6.04 Å². The van der Waals surface area contributed by atoms with Crippen LogP contribution in [0, 0.1) is 5.92 Å². The van der Waals surface area contributed by atoms with Crippen molar-refractivity contribution >= 4 is 17.1 Å². The zero-order valence-corrected chi connectivity index (χ0v) is 17.9. The zero-order chi connectivity index (χ0) is 20.4. The first kappa shape index (κ1) is 20.0. The first-order valence-corrected chi connectivity index (χ1v) is 10.8. The summed E-state index contributed by atoms with van der Waals surface area (Å²) in [7, 11) is 5.30. The molecule has 2 heterocycles. The Morgan fingerprint density at radius 3 is 2.76 bits per heavy atom. The minimum Gasteiger partial charge on any atom is -0.494 e. The maximum Gasteiger partial charge on any atom is 0.317 e.